The second-order valence-corrected chi connectivity index (χ2v) is 3.90. The molecule has 0 amide bonds. The molecule has 0 aromatic rings. The summed E-state index contributed by atoms with van der Waals surface area (Å²) in [6.07, 6.45) is -0.272. The third-order valence-electron chi connectivity index (χ3n) is 2.16. The molecular weight excluding hydrogens is 222 g/mol. The summed E-state index contributed by atoms with van der Waals surface area (Å²) in [5, 5.41) is 17.8. The van der Waals surface area contributed by atoms with Crippen molar-refractivity contribution < 1.29 is 19.7 Å². The van der Waals surface area contributed by atoms with Crippen LogP contribution in [-0.2, 0) is 9.47 Å². The molecule has 0 bridgehead atoms. The van der Waals surface area contributed by atoms with Crippen molar-refractivity contribution in [2.24, 2.45) is 4.99 Å². The van der Waals surface area contributed by atoms with Crippen molar-refractivity contribution in [1.29, 1.82) is 0 Å². The van der Waals surface area contributed by atoms with Gasteiger partial charge in [0, 0.05) is 6.42 Å². The van der Waals surface area contributed by atoms with E-state index in [9.17, 15) is 0 Å². The van der Waals surface area contributed by atoms with Crippen molar-refractivity contribution in [3.05, 3.63) is 0 Å². The van der Waals surface area contributed by atoms with Gasteiger partial charge < -0.3 is 19.7 Å². The monoisotopic (exact) mass is 241 g/mol. The zero-order chi connectivity index (χ0) is 12.7. The van der Waals surface area contributed by atoms with Gasteiger partial charge in [0.05, 0.1) is 13.2 Å². The fourth-order valence-electron chi connectivity index (χ4n) is 1.30. The van der Waals surface area contributed by atoms with Crippen molar-refractivity contribution in [3.63, 3.8) is 0 Å². The van der Waals surface area contributed by atoms with E-state index < -0.39 is 6.10 Å². The standard InChI is InChI=1S/C12H19NO4/c1-9(15)3-4-10(2)16-6-5-12-13-11(7-14)8-17-12/h9-11,14-15H,5-8H2,1-2H3. The van der Waals surface area contributed by atoms with Crippen LogP contribution < -0.4 is 0 Å². The first-order valence-electron chi connectivity index (χ1n) is 5.73. The maximum absolute atomic E-state index is 8.96. The molecule has 96 valence electrons. The van der Waals surface area contributed by atoms with E-state index >= 15 is 0 Å². The molecular formula is C12H19NO4. The molecule has 5 heteroatoms. The Morgan fingerprint density at radius 1 is 1.53 bits per heavy atom. The van der Waals surface area contributed by atoms with Gasteiger partial charge in [-0.25, -0.2) is 4.99 Å². The minimum absolute atomic E-state index is 0.0145. The first kappa shape index (κ1) is 14.0. The SMILES string of the molecule is CC(O)C#CC(C)OCCC1=NC(CO)CO1. The Kier molecular flexibility index (Phi) is 5.98. The van der Waals surface area contributed by atoms with E-state index in [0.717, 1.165) is 0 Å². The lowest BCUT2D eigenvalue weighted by Crippen LogP contribution is -2.11. The fraction of sp³-hybridized carbons (Fsp3) is 0.750. The Hall–Kier alpha value is -1.09. The number of rotatable bonds is 5. The minimum Gasteiger partial charge on any atom is -0.479 e. The van der Waals surface area contributed by atoms with Crippen LogP contribution >= 0.6 is 0 Å². The van der Waals surface area contributed by atoms with E-state index in [-0.39, 0.29) is 18.8 Å². The number of nitrogens with zero attached hydrogens (tertiary/aromatic N) is 1. The Balaban J connectivity index is 2.18. The van der Waals surface area contributed by atoms with Gasteiger partial charge in [-0.3, -0.25) is 0 Å². The predicted molar refractivity (Wildman–Crippen MR) is 63.7 cm³/mol. The normalized spacial score (nSPS) is 22.1. The van der Waals surface area contributed by atoms with Crippen LogP contribution in [0.5, 0.6) is 0 Å². The fourth-order valence-corrected chi connectivity index (χ4v) is 1.30. The summed E-state index contributed by atoms with van der Waals surface area (Å²) in [5.74, 6) is 6.04. The number of aliphatic hydroxyl groups is 2. The van der Waals surface area contributed by atoms with Gasteiger partial charge >= 0.3 is 0 Å². The molecule has 5 nitrogen and oxygen atoms in total. The molecule has 0 aromatic carbocycles. The molecule has 1 aliphatic rings. The number of ether oxygens (including phenoxy) is 2. The highest BCUT2D eigenvalue weighted by molar-refractivity contribution is 5.77. The summed E-state index contributed by atoms with van der Waals surface area (Å²) in [6.45, 7) is 4.36. The van der Waals surface area contributed by atoms with Crippen LogP contribution in [0.25, 0.3) is 0 Å². The second kappa shape index (κ2) is 7.28. The highest BCUT2D eigenvalue weighted by Gasteiger charge is 2.17. The first-order valence-corrected chi connectivity index (χ1v) is 5.73. The molecule has 1 aliphatic heterocycles. The maximum atomic E-state index is 8.96. The smallest absolute Gasteiger partial charge is 0.186 e. The topological polar surface area (TPSA) is 71.3 Å². The largest absolute Gasteiger partial charge is 0.479 e. The third kappa shape index (κ3) is 5.68. The number of hydrogen-bond acceptors (Lipinski definition) is 5. The van der Waals surface area contributed by atoms with E-state index in [2.05, 4.69) is 16.8 Å². The van der Waals surface area contributed by atoms with Crippen LogP contribution in [0.2, 0.25) is 0 Å². The maximum Gasteiger partial charge on any atom is 0.186 e. The summed E-state index contributed by atoms with van der Waals surface area (Å²) >= 11 is 0. The summed E-state index contributed by atoms with van der Waals surface area (Å²) in [7, 11) is 0. The third-order valence-corrected chi connectivity index (χ3v) is 2.16. The van der Waals surface area contributed by atoms with Crippen molar-refractivity contribution in [3.8, 4) is 11.8 Å². The van der Waals surface area contributed by atoms with E-state index in [1.807, 2.05) is 6.92 Å². The Morgan fingerprint density at radius 2 is 2.29 bits per heavy atom. The molecule has 0 fully saturated rings. The molecule has 3 atom stereocenters. The molecule has 0 saturated carbocycles. The van der Waals surface area contributed by atoms with Crippen LogP contribution in [0.3, 0.4) is 0 Å². The quantitative estimate of drug-likeness (QED) is 0.662. The van der Waals surface area contributed by atoms with E-state index in [4.69, 9.17) is 19.7 Å². The molecule has 0 radical (unpaired) electrons. The predicted octanol–water partition coefficient (Wildman–Crippen LogP) is -0.0446. The highest BCUT2D eigenvalue weighted by atomic mass is 16.5. The lowest BCUT2D eigenvalue weighted by atomic mass is 10.3. The average molecular weight is 241 g/mol. The van der Waals surface area contributed by atoms with Gasteiger partial charge in [-0.1, -0.05) is 11.8 Å². The lowest BCUT2D eigenvalue weighted by Gasteiger charge is -2.06. The molecule has 0 spiro atoms. The van der Waals surface area contributed by atoms with Crippen molar-refractivity contribution >= 4 is 5.90 Å². The zero-order valence-corrected chi connectivity index (χ0v) is 10.2. The highest BCUT2D eigenvalue weighted by Crippen LogP contribution is 2.06. The number of aliphatic imine (C=N–C) groups is 1. The zero-order valence-electron chi connectivity index (χ0n) is 10.2. The summed E-state index contributed by atoms with van der Waals surface area (Å²) in [5.41, 5.74) is 0. The van der Waals surface area contributed by atoms with E-state index in [1.165, 1.54) is 0 Å². The molecule has 3 unspecified atom stereocenters. The number of aliphatic hydroxyl groups excluding tert-OH is 2. The van der Waals surface area contributed by atoms with Crippen molar-refractivity contribution in [2.75, 3.05) is 19.8 Å². The van der Waals surface area contributed by atoms with Gasteiger partial charge in [0.1, 0.15) is 24.9 Å². The van der Waals surface area contributed by atoms with Crippen LogP contribution in [0.15, 0.2) is 4.99 Å². The molecule has 2 N–H and O–H groups in total. The van der Waals surface area contributed by atoms with Crippen LogP contribution in [-0.4, -0.2) is 54.2 Å². The van der Waals surface area contributed by atoms with Gasteiger partial charge in [0.25, 0.3) is 0 Å². The second-order valence-electron chi connectivity index (χ2n) is 3.90. The Labute approximate surface area is 101 Å². The average Bonchev–Trinajstić information content (AvgIpc) is 2.74. The molecule has 0 aromatic heterocycles. The van der Waals surface area contributed by atoms with E-state index in [1.54, 1.807) is 6.92 Å². The van der Waals surface area contributed by atoms with Gasteiger partial charge in [-0.15, -0.1) is 0 Å². The Morgan fingerprint density at radius 3 is 2.88 bits per heavy atom. The molecule has 1 heterocycles. The van der Waals surface area contributed by atoms with E-state index in [0.29, 0.717) is 25.5 Å². The number of hydrogen-bond donors (Lipinski definition) is 2. The molecule has 1 rings (SSSR count). The summed E-state index contributed by atoms with van der Waals surface area (Å²) in [6, 6.07) is -0.127. The van der Waals surface area contributed by atoms with Crippen LogP contribution in [0.4, 0.5) is 0 Å². The van der Waals surface area contributed by atoms with Crippen LogP contribution in [0, 0.1) is 11.8 Å². The molecule has 0 aliphatic carbocycles. The lowest BCUT2D eigenvalue weighted by molar-refractivity contribution is 0.106. The van der Waals surface area contributed by atoms with Gasteiger partial charge in [-0.2, -0.15) is 0 Å². The van der Waals surface area contributed by atoms with Gasteiger partial charge in [0.2, 0.25) is 0 Å². The van der Waals surface area contributed by atoms with Gasteiger partial charge in [-0.05, 0) is 13.8 Å². The Bertz CT molecular complexity index is 316. The minimum atomic E-state index is -0.631. The van der Waals surface area contributed by atoms with Gasteiger partial charge in [0.15, 0.2) is 5.90 Å². The van der Waals surface area contributed by atoms with Crippen LogP contribution in [0.1, 0.15) is 20.3 Å². The summed E-state index contributed by atoms with van der Waals surface area (Å²) < 4.78 is 10.7. The summed E-state index contributed by atoms with van der Waals surface area (Å²) in [4.78, 5) is 4.17. The first-order chi connectivity index (χ1) is 8.11. The van der Waals surface area contributed by atoms with Crippen molar-refractivity contribution in [2.45, 2.75) is 38.5 Å². The molecule has 0 saturated heterocycles. The van der Waals surface area contributed by atoms with Crippen molar-refractivity contribution in [1.82, 2.24) is 0 Å². The molecule has 17 heavy (non-hydrogen) atoms.